The van der Waals surface area contributed by atoms with Crippen molar-refractivity contribution >= 4 is 26.7 Å². The number of anilines is 1. The first kappa shape index (κ1) is 14.6. The first-order valence-corrected chi connectivity index (χ1v) is 8.65. The van der Waals surface area contributed by atoms with Gasteiger partial charge in [0.15, 0.2) is 5.58 Å². The van der Waals surface area contributed by atoms with E-state index >= 15 is 0 Å². The Kier molecular flexibility index (Phi) is 3.85. The number of benzene rings is 2. The van der Waals surface area contributed by atoms with Crippen LogP contribution in [-0.4, -0.2) is 13.6 Å². The second kappa shape index (κ2) is 5.81. The minimum absolute atomic E-state index is 0.223. The molecule has 0 saturated carbocycles. The van der Waals surface area contributed by atoms with Gasteiger partial charge in [0.2, 0.25) is 10.0 Å². The number of aromatic nitrogens is 1. The third-order valence-corrected chi connectivity index (χ3v) is 4.61. The van der Waals surface area contributed by atoms with Crippen LogP contribution in [0.4, 0.5) is 5.69 Å². The highest BCUT2D eigenvalue weighted by atomic mass is 32.2. The highest BCUT2D eigenvalue weighted by molar-refractivity contribution is 7.91. The van der Waals surface area contributed by atoms with Gasteiger partial charge in [0.05, 0.1) is 0 Å². The molecular weight excluding hydrogens is 300 g/mol. The van der Waals surface area contributed by atoms with E-state index in [0.29, 0.717) is 22.4 Å². The van der Waals surface area contributed by atoms with Gasteiger partial charge in [-0.05, 0) is 36.2 Å². The molecule has 0 unspecified atom stereocenters. The standard InChI is InChI=1S/C16H16N2O3S/c1-2-12-7-9-13(10-8-12)18-22(19,20)11-15-14-5-3-4-6-16(14)21-17-15/h3-10,18H,2,11H2,1H3. The van der Waals surface area contributed by atoms with Crippen LogP contribution in [0.3, 0.4) is 0 Å². The minimum atomic E-state index is -3.54. The van der Waals surface area contributed by atoms with Crippen LogP contribution in [0.25, 0.3) is 11.0 Å². The van der Waals surface area contributed by atoms with Crippen LogP contribution in [0.5, 0.6) is 0 Å². The van der Waals surface area contributed by atoms with Crippen molar-refractivity contribution in [3.63, 3.8) is 0 Å². The zero-order valence-corrected chi connectivity index (χ0v) is 12.9. The largest absolute Gasteiger partial charge is 0.356 e. The van der Waals surface area contributed by atoms with Crippen LogP contribution in [0, 0.1) is 0 Å². The van der Waals surface area contributed by atoms with Crippen LogP contribution in [-0.2, 0) is 22.2 Å². The van der Waals surface area contributed by atoms with Crippen molar-refractivity contribution in [2.75, 3.05) is 4.72 Å². The van der Waals surface area contributed by atoms with Gasteiger partial charge >= 0.3 is 0 Å². The molecule has 0 aliphatic carbocycles. The number of aryl methyl sites for hydroxylation is 1. The molecule has 0 atom stereocenters. The van der Waals surface area contributed by atoms with Crippen molar-refractivity contribution in [2.45, 2.75) is 19.1 Å². The fourth-order valence-corrected chi connectivity index (χ4v) is 3.38. The molecule has 0 radical (unpaired) electrons. The van der Waals surface area contributed by atoms with E-state index in [1.165, 1.54) is 0 Å². The Morgan fingerprint density at radius 2 is 1.82 bits per heavy atom. The topological polar surface area (TPSA) is 72.2 Å². The van der Waals surface area contributed by atoms with Gasteiger partial charge in [0.25, 0.3) is 0 Å². The third kappa shape index (κ3) is 3.12. The van der Waals surface area contributed by atoms with E-state index in [2.05, 4.69) is 16.8 Å². The number of hydrogen-bond acceptors (Lipinski definition) is 4. The van der Waals surface area contributed by atoms with E-state index < -0.39 is 10.0 Å². The second-order valence-electron chi connectivity index (χ2n) is 5.04. The summed E-state index contributed by atoms with van der Waals surface area (Å²) in [6.07, 6.45) is 0.915. The first-order valence-electron chi connectivity index (χ1n) is 7.00. The Balaban J connectivity index is 1.80. The van der Waals surface area contributed by atoms with E-state index in [1.54, 1.807) is 24.3 Å². The van der Waals surface area contributed by atoms with Crippen molar-refractivity contribution in [2.24, 2.45) is 0 Å². The molecule has 0 bridgehead atoms. The summed E-state index contributed by atoms with van der Waals surface area (Å²) in [5.41, 5.74) is 2.70. The fourth-order valence-electron chi connectivity index (χ4n) is 2.25. The van der Waals surface area contributed by atoms with Crippen LogP contribution in [0.15, 0.2) is 53.1 Å². The number of para-hydroxylation sites is 1. The lowest BCUT2D eigenvalue weighted by Gasteiger charge is -2.07. The lowest BCUT2D eigenvalue weighted by atomic mass is 10.2. The van der Waals surface area contributed by atoms with Crippen molar-refractivity contribution in [1.82, 2.24) is 5.16 Å². The summed E-state index contributed by atoms with van der Waals surface area (Å²) in [6.45, 7) is 2.05. The van der Waals surface area contributed by atoms with Gasteiger partial charge in [-0.1, -0.05) is 36.3 Å². The van der Waals surface area contributed by atoms with E-state index in [1.807, 2.05) is 24.3 Å². The summed E-state index contributed by atoms with van der Waals surface area (Å²) in [5.74, 6) is -0.223. The van der Waals surface area contributed by atoms with Crippen molar-refractivity contribution in [3.8, 4) is 0 Å². The number of sulfonamides is 1. The molecule has 0 saturated heterocycles. The van der Waals surface area contributed by atoms with Crippen LogP contribution < -0.4 is 4.72 Å². The van der Waals surface area contributed by atoms with Gasteiger partial charge in [0.1, 0.15) is 11.4 Å². The summed E-state index contributed by atoms with van der Waals surface area (Å²) in [6, 6.07) is 14.5. The van der Waals surface area contributed by atoms with Crippen LogP contribution >= 0.6 is 0 Å². The predicted molar refractivity (Wildman–Crippen MR) is 86.1 cm³/mol. The van der Waals surface area contributed by atoms with Gasteiger partial charge in [-0.15, -0.1) is 0 Å². The molecule has 0 aliphatic rings. The molecule has 5 nitrogen and oxygen atoms in total. The zero-order valence-electron chi connectivity index (χ0n) is 12.1. The Morgan fingerprint density at radius 1 is 1.09 bits per heavy atom. The molecule has 6 heteroatoms. The summed E-state index contributed by atoms with van der Waals surface area (Å²) in [5, 5.41) is 4.57. The molecule has 22 heavy (non-hydrogen) atoms. The van der Waals surface area contributed by atoms with Crippen molar-refractivity contribution in [3.05, 3.63) is 59.8 Å². The van der Waals surface area contributed by atoms with E-state index in [0.717, 1.165) is 12.0 Å². The quantitative estimate of drug-likeness (QED) is 0.783. The molecule has 0 amide bonds. The van der Waals surface area contributed by atoms with Crippen LogP contribution in [0.1, 0.15) is 18.2 Å². The normalized spacial score (nSPS) is 11.7. The summed E-state index contributed by atoms with van der Waals surface area (Å²) >= 11 is 0. The highest BCUT2D eigenvalue weighted by Gasteiger charge is 2.17. The molecule has 1 heterocycles. The molecule has 1 aromatic heterocycles. The Bertz CT molecular complexity index is 883. The molecule has 114 valence electrons. The smallest absolute Gasteiger partial charge is 0.238 e. The average Bonchev–Trinajstić information content (AvgIpc) is 2.90. The minimum Gasteiger partial charge on any atom is -0.356 e. The molecular formula is C16H16N2O3S. The van der Waals surface area contributed by atoms with Crippen LogP contribution in [0.2, 0.25) is 0 Å². The summed E-state index contributed by atoms with van der Waals surface area (Å²) < 4.78 is 32.2. The Morgan fingerprint density at radius 3 is 2.55 bits per heavy atom. The molecule has 0 spiro atoms. The number of nitrogens with one attached hydrogen (secondary N) is 1. The zero-order chi connectivity index (χ0) is 15.6. The predicted octanol–water partition coefficient (Wildman–Crippen LogP) is 3.33. The third-order valence-electron chi connectivity index (χ3n) is 3.41. The van der Waals surface area contributed by atoms with Crippen molar-refractivity contribution in [1.29, 1.82) is 0 Å². The first-order chi connectivity index (χ1) is 10.6. The monoisotopic (exact) mass is 316 g/mol. The Hall–Kier alpha value is -2.34. The SMILES string of the molecule is CCc1ccc(NS(=O)(=O)Cc2noc3ccccc23)cc1. The van der Waals surface area contributed by atoms with Gasteiger partial charge in [-0.25, -0.2) is 8.42 Å². The maximum Gasteiger partial charge on any atom is 0.238 e. The maximum absolute atomic E-state index is 12.3. The second-order valence-corrected chi connectivity index (χ2v) is 6.76. The number of fused-ring (bicyclic) bond motifs is 1. The molecule has 0 aliphatic heterocycles. The van der Waals surface area contributed by atoms with Gasteiger partial charge in [-0.3, -0.25) is 4.72 Å². The van der Waals surface area contributed by atoms with Gasteiger partial charge in [0, 0.05) is 11.1 Å². The number of rotatable bonds is 5. The number of nitrogens with zero attached hydrogens (tertiary/aromatic N) is 1. The molecule has 1 N–H and O–H groups in total. The maximum atomic E-state index is 12.3. The van der Waals surface area contributed by atoms with Gasteiger partial charge in [-0.2, -0.15) is 0 Å². The molecule has 3 rings (SSSR count). The fraction of sp³-hybridized carbons (Fsp3) is 0.188. The molecule has 3 aromatic rings. The average molecular weight is 316 g/mol. The van der Waals surface area contributed by atoms with Crippen molar-refractivity contribution < 1.29 is 12.9 Å². The summed E-state index contributed by atoms with van der Waals surface area (Å²) in [7, 11) is -3.54. The van der Waals surface area contributed by atoms with E-state index in [-0.39, 0.29) is 5.75 Å². The van der Waals surface area contributed by atoms with E-state index in [9.17, 15) is 8.42 Å². The molecule has 0 fully saturated rings. The highest BCUT2D eigenvalue weighted by Crippen LogP contribution is 2.21. The molecule has 2 aromatic carbocycles. The number of hydrogen-bond donors (Lipinski definition) is 1. The summed E-state index contributed by atoms with van der Waals surface area (Å²) in [4.78, 5) is 0. The lowest BCUT2D eigenvalue weighted by molar-refractivity contribution is 0.448. The lowest BCUT2D eigenvalue weighted by Crippen LogP contribution is -2.15. The van der Waals surface area contributed by atoms with E-state index in [4.69, 9.17) is 4.52 Å². The Labute approximate surface area is 129 Å². The van der Waals surface area contributed by atoms with Gasteiger partial charge < -0.3 is 4.52 Å².